The zero-order valence-electron chi connectivity index (χ0n) is 10.5. The van der Waals surface area contributed by atoms with Crippen molar-refractivity contribution >= 4 is 24.2 Å². The molecule has 110 valence electrons. The Morgan fingerprint density at radius 2 is 1.90 bits per heavy atom. The van der Waals surface area contributed by atoms with E-state index >= 15 is 0 Å². The third kappa shape index (κ3) is 4.33. The summed E-state index contributed by atoms with van der Waals surface area (Å²) in [6.45, 7) is 0. The summed E-state index contributed by atoms with van der Waals surface area (Å²) in [5.41, 5.74) is 0.450. The zero-order chi connectivity index (χ0) is 14.8. The molecule has 0 radical (unpaired) electrons. The molecule has 0 aromatic heterocycles. The Bertz CT molecular complexity index is 483. The lowest BCUT2D eigenvalue weighted by Gasteiger charge is -2.12. The second-order valence-electron chi connectivity index (χ2n) is 4.96. The molecular formula is C13H14F3NO2S. The van der Waals surface area contributed by atoms with Crippen molar-refractivity contribution in [3.8, 4) is 5.75 Å². The maximum absolute atomic E-state index is 12.0. The van der Waals surface area contributed by atoms with Crippen molar-refractivity contribution in [3.63, 3.8) is 0 Å². The minimum Gasteiger partial charge on any atom is -0.406 e. The first-order valence-electron chi connectivity index (χ1n) is 6.08. The lowest BCUT2D eigenvalue weighted by atomic mass is 10.1. The minimum atomic E-state index is -4.71. The normalized spacial score (nSPS) is 16.6. The van der Waals surface area contributed by atoms with Crippen molar-refractivity contribution in [2.24, 2.45) is 5.41 Å². The van der Waals surface area contributed by atoms with Gasteiger partial charge in [0.2, 0.25) is 5.91 Å². The molecule has 1 aliphatic rings. The van der Waals surface area contributed by atoms with Gasteiger partial charge in [0.1, 0.15) is 5.75 Å². The molecule has 1 fully saturated rings. The molecule has 1 aromatic carbocycles. The fourth-order valence-corrected chi connectivity index (χ4v) is 2.28. The average Bonchev–Trinajstić information content (AvgIpc) is 3.10. The number of amides is 1. The molecule has 0 bridgehead atoms. The smallest absolute Gasteiger partial charge is 0.406 e. The SMILES string of the molecule is O=C(CC1(CS)CC1)Nc1ccc(OC(F)(F)F)cc1. The van der Waals surface area contributed by atoms with Crippen molar-refractivity contribution in [1.82, 2.24) is 0 Å². The molecule has 3 nitrogen and oxygen atoms in total. The summed E-state index contributed by atoms with van der Waals surface area (Å²) in [5, 5.41) is 2.65. The Kier molecular flexibility index (Phi) is 4.17. The minimum absolute atomic E-state index is 0.00648. The Morgan fingerprint density at radius 3 is 2.35 bits per heavy atom. The molecule has 1 aliphatic carbocycles. The van der Waals surface area contributed by atoms with Gasteiger partial charge in [-0.1, -0.05) is 0 Å². The molecule has 0 aliphatic heterocycles. The molecule has 0 saturated heterocycles. The number of rotatable bonds is 5. The van der Waals surface area contributed by atoms with E-state index in [1.165, 1.54) is 12.1 Å². The number of anilines is 1. The molecule has 1 saturated carbocycles. The third-order valence-electron chi connectivity index (χ3n) is 3.20. The number of carbonyl (C=O) groups excluding carboxylic acids is 1. The summed E-state index contributed by atoms with van der Waals surface area (Å²) in [7, 11) is 0. The van der Waals surface area contributed by atoms with Crippen LogP contribution >= 0.6 is 12.6 Å². The Labute approximate surface area is 119 Å². The number of ether oxygens (including phenoxy) is 1. The highest BCUT2D eigenvalue weighted by atomic mass is 32.1. The van der Waals surface area contributed by atoms with Gasteiger partial charge in [-0.05, 0) is 48.3 Å². The van der Waals surface area contributed by atoms with Gasteiger partial charge < -0.3 is 10.1 Å². The molecule has 2 rings (SSSR count). The lowest BCUT2D eigenvalue weighted by molar-refractivity contribution is -0.274. The molecule has 1 aromatic rings. The molecular weight excluding hydrogens is 291 g/mol. The van der Waals surface area contributed by atoms with Crippen LogP contribution in [-0.2, 0) is 4.79 Å². The van der Waals surface area contributed by atoms with E-state index in [1.54, 1.807) is 0 Å². The van der Waals surface area contributed by atoms with Gasteiger partial charge in [0, 0.05) is 12.1 Å². The maximum Gasteiger partial charge on any atom is 0.573 e. The van der Waals surface area contributed by atoms with E-state index in [9.17, 15) is 18.0 Å². The van der Waals surface area contributed by atoms with Crippen LogP contribution in [0.3, 0.4) is 0 Å². The summed E-state index contributed by atoms with van der Waals surface area (Å²) in [5.74, 6) is 0.198. The van der Waals surface area contributed by atoms with Crippen LogP contribution in [-0.4, -0.2) is 18.0 Å². The number of benzene rings is 1. The van der Waals surface area contributed by atoms with Crippen LogP contribution in [0.4, 0.5) is 18.9 Å². The van der Waals surface area contributed by atoms with Crippen molar-refractivity contribution in [2.75, 3.05) is 11.1 Å². The van der Waals surface area contributed by atoms with Gasteiger partial charge in [0.25, 0.3) is 0 Å². The van der Waals surface area contributed by atoms with E-state index in [2.05, 4.69) is 22.7 Å². The van der Waals surface area contributed by atoms with E-state index in [4.69, 9.17) is 0 Å². The lowest BCUT2D eigenvalue weighted by Crippen LogP contribution is -2.18. The van der Waals surface area contributed by atoms with Gasteiger partial charge in [-0.15, -0.1) is 13.2 Å². The number of hydrogen-bond acceptors (Lipinski definition) is 3. The molecule has 1 amide bonds. The van der Waals surface area contributed by atoms with Crippen LogP contribution in [0.25, 0.3) is 0 Å². The fourth-order valence-electron chi connectivity index (χ4n) is 1.85. The van der Waals surface area contributed by atoms with E-state index in [1.807, 2.05) is 0 Å². The Balaban J connectivity index is 1.89. The molecule has 1 N–H and O–H groups in total. The van der Waals surface area contributed by atoms with Crippen LogP contribution in [0.2, 0.25) is 0 Å². The van der Waals surface area contributed by atoms with Crippen LogP contribution in [0, 0.1) is 5.41 Å². The quantitative estimate of drug-likeness (QED) is 0.815. The molecule has 7 heteroatoms. The second kappa shape index (κ2) is 5.55. The summed E-state index contributed by atoms with van der Waals surface area (Å²) in [4.78, 5) is 11.8. The van der Waals surface area contributed by atoms with Crippen molar-refractivity contribution in [1.29, 1.82) is 0 Å². The first-order valence-corrected chi connectivity index (χ1v) is 6.72. The number of thiol groups is 1. The Morgan fingerprint density at radius 1 is 1.30 bits per heavy atom. The number of halogens is 3. The second-order valence-corrected chi connectivity index (χ2v) is 5.27. The first-order chi connectivity index (χ1) is 9.32. The largest absolute Gasteiger partial charge is 0.573 e. The van der Waals surface area contributed by atoms with E-state index in [0.717, 1.165) is 25.0 Å². The van der Waals surface area contributed by atoms with Gasteiger partial charge in [0.05, 0.1) is 0 Å². The van der Waals surface area contributed by atoms with Gasteiger partial charge in [0.15, 0.2) is 0 Å². The number of carbonyl (C=O) groups is 1. The summed E-state index contributed by atoms with van der Waals surface area (Å²) < 4.78 is 39.7. The predicted molar refractivity (Wildman–Crippen MR) is 71.9 cm³/mol. The van der Waals surface area contributed by atoms with Crippen molar-refractivity contribution < 1.29 is 22.7 Å². The molecule has 0 unspecified atom stereocenters. The number of nitrogens with one attached hydrogen (secondary N) is 1. The van der Waals surface area contributed by atoms with E-state index in [0.29, 0.717) is 17.9 Å². The van der Waals surface area contributed by atoms with Gasteiger partial charge in [-0.3, -0.25) is 4.79 Å². The summed E-state index contributed by atoms with van der Waals surface area (Å²) in [6, 6.07) is 5.07. The monoisotopic (exact) mass is 305 g/mol. The molecule has 0 heterocycles. The van der Waals surface area contributed by atoms with Crippen LogP contribution in [0.1, 0.15) is 19.3 Å². The van der Waals surface area contributed by atoms with Crippen molar-refractivity contribution in [3.05, 3.63) is 24.3 Å². The standard InChI is InChI=1S/C13H14F3NO2S/c14-13(15,16)19-10-3-1-9(2-4-10)17-11(18)7-12(8-20)5-6-12/h1-4,20H,5-8H2,(H,17,18). The van der Waals surface area contributed by atoms with E-state index < -0.39 is 6.36 Å². The van der Waals surface area contributed by atoms with Crippen LogP contribution < -0.4 is 10.1 Å². The highest BCUT2D eigenvalue weighted by molar-refractivity contribution is 7.80. The van der Waals surface area contributed by atoms with Gasteiger partial charge in [-0.25, -0.2) is 0 Å². The van der Waals surface area contributed by atoms with Crippen LogP contribution in [0.15, 0.2) is 24.3 Å². The third-order valence-corrected chi connectivity index (χ3v) is 3.87. The Hall–Kier alpha value is -1.37. The predicted octanol–water partition coefficient (Wildman–Crippen LogP) is 3.62. The number of alkyl halides is 3. The van der Waals surface area contributed by atoms with E-state index in [-0.39, 0.29) is 17.1 Å². The number of hydrogen-bond donors (Lipinski definition) is 2. The first kappa shape index (κ1) is 15.0. The average molecular weight is 305 g/mol. The summed E-state index contributed by atoms with van der Waals surface area (Å²) in [6.07, 6.45) is -2.35. The van der Waals surface area contributed by atoms with Gasteiger partial charge >= 0.3 is 6.36 Å². The zero-order valence-corrected chi connectivity index (χ0v) is 11.4. The van der Waals surface area contributed by atoms with Crippen molar-refractivity contribution in [2.45, 2.75) is 25.6 Å². The van der Waals surface area contributed by atoms with Crippen LogP contribution in [0.5, 0.6) is 5.75 Å². The maximum atomic E-state index is 12.0. The fraction of sp³-hybridized carbons (Fsp3) is 0.462. The highest BCUT2D eigenvalue weighted by Gasteiger charge is 2.42. The molecule has 0 spiro atoms. The molecule has 0 atom stereocenters. The summed E-state index contributed by atoms with van der Waals surface area (Å²) >= 11 is 4.21. The topological polar surface area (TPSA) is 38.3 Å². The molecule has 20 heavy (non-hydrogen) atoms. The highest BCUT2D eigenvalue weighted by Crippen LogP contribution is 2.49. The van der Waals surface area contributed by atoms with Gasteiger partial charge in [-0.2, -0.15) is 12.6 Å².